The van der Waals surface area contributed by atoms with E-state index in [9.17, 15) is 4.79 Å². The number of thioether (sulfide) groups is 1. The van der Waals surface area contributed by atoms with Crippen molar-refractivity contribution in [3.8, 4) is 0 Å². The Morgan fingerprint density at radius 3 is 2.76 bits per heavy atom. The highest BCUT2D eigenvalue weighted by molar-refractivity contribution is 7.98. The van der Waals surface area contributed by atoms with E-state index >= 15 is 0 Å². The van der Waals surface area contributed by atoms with Crippen molar-refractivity contribution in [1.82, 2.24) is 5.32 Å². The second kappa shape index (κ2) is 6.22. The first kappa shape index (κ1) is 14.0. The smallest absolute Gasteiger partial charge is 0.319 e. The van der Waals surface area contributed by atoms with Gasteiger partial charge in [-0.15, -0.1) is 11.8 Å². The number of rotatable bonds is 3. The molecule has 0 saturated heterocycles. The molecule has 3 rings (SSSR count). The number of amides is 2. The van der Waals surface area contributed by atoms with Crippen LogP contribution in [0.5, 0.6) is 0 Å². The molecule has 0 spiro atoms. The van der Waals surface area contributed by atoms with Crippen LogP contribution in [-0.4, -0.2) is 12.3 Å². The van der Waals surface area contributed by atoms with E-state index < -0.39 is 0 Å². The van der Waals surface area contributed by atoms with Gasteiger partial charge in [0, 0.05) is 4.90 Å². The van der Waals surface area contributed by atoms with Crippen LogP contribution in [0, 0.1) is 0 Å². The Morgan fingerprint density at radius 1 is 1.14 bits per heavy atom. The highest BCUT2D eigenvalue weighted by atomic mass is 32.2. The molecule has 0 bridgehead atoms. The van der Waals surface area contributed by atoms with E-state index in [1.165, 1.54) is 11.1 Å². The number of aryl methyl sites for hydroxylation is 1. The quantitative estimate of drug-likeness (QED) is 0.833. The van der Waals surface area contributed by atoms with Crippen LogP contribution in [0.4, 0.5) is 10.5 Å². The van der Waals surface area contributed by atoms with Crippen molar-refractivity contribution in [3.63, 3.8) is 0 Å². The summed E-state index contributed by atoms with van der Waals surface area (Å²) in [5, 5.41) is 6.02. The largest absolute Gasteiger partial charge is 0.331 e. The fourth-order valence-electron chi connectivity index (χ4n) is 2.77. The normalized spacial score (nSPS) is 16.3. The summed E-state index contributed by atoms with van der Waals surface area (Å²) in [5.41, 5.74) is 3.44. The molecule has 108 valence electrons. The van der Waals surface area contributed by atoms with E-state index in [1.54, 1.807) is 11.8 Å². The zero-order chi connectivity index (χ0) is 14.7. The molecule has 1 aliphatic rings. The summed E-state index contributed by atoms with van der Waals surface area (Å²) in [6.45, 7) is 0. The van der Waals surface area contributed by atoms with Crippen LogP contribution >= 0.6 is 11.8 Å². The van der Waals surface area contributed by atoms with Crippen molar-refractivity contribution in [2.24, 2.45) is 0 Å². The van der Waals surface area contributed by atoms with Gasteiger partial charge in [0.15, 0.2) is 0 Å². The topological polar surface area (TPSA) is 41.1 Å². The van der Waals surface area contributed by atoms with Gasteiger partial charge in [-0.05, 0) is 42.4 Å². The molecule has 2 amide bonds. The molecule has 2 aromatic carbocycles. The predicted octanol–water partition coefficient (Wildman–Crippen LogP) is 4.22. The maximum atomic E-state index is 12.2. The third kappa shape index (κ3) is 3.05. The number of para-hydroxylation sites is 1. The van der Waals surface area contributed by atoms with Gasteiger partial charge < -0.3 is 10.6 Å². The maximum Gasteiger partial charge on any atom is 0.319 e. The predicted molar refractivity (Wildman–Crippen MR) is 87.9 cm³/mol. The molecule has 3 nitrogen and oxygen atoms in total. The van der Waals surface area contributed by atoms with Crippen LogP contribution in [0.2, 0.25) is 0 Å². The summed E-state index contributed by atoms with van der Waals surface area (Å²) >= 11 is 1.63. The van der Waals surface area contributed by atoms with Crippen molar-refractivity contribution in [3.05, 3.63) is 59.7 Å². The number of hydrogen-bond acceptors (Lipinski definition) is 2. The van der Waals surface area contributed by atoms with Gasteiger partial charge in [-0.2, -0.15) is 0 Å². The summed E-state index contributed by atoms with van der Waals surface area (Å²) in [6, 6.07) is 16.1. The zero-order valence-electron chi connectivity index (χ0n) is 11.9. The standard InChI is InChI=1S/C17H18N2OS/c1-21-16-9-5-4-8-15(16)19-17(20)18-14-11-10-12-6-2-3-7-13(12)14/h2-9,14H,10-11H2,1H3,(H2,18,19,20). The summed E-state index contributed by atoms with van der Waals surface area (Å²) < 4.78 is 0. The lowest BCUT2D eigenvalue weighted by Crippen LogP contribution is -2.31. The first-order valence-electron chi connectivity index (χ1n) is 7.06. The molecular formula is C17H18N2OS. The molecule has 0 saturated carbocycles. The fraction of sp³-hybridized carbons (Fsp3) is 0.235. The van der Waals surface area contributed by atoms with Gasteiger partial charge in [-0.3, -0.25) is 0 Å². The number of anilines is 1. The molecule has 1 unspecified atom stereocenters. The molecule has 0 radical (unpaired) electrons. The van der Waals surface area contributed by atoms with Crippen LogP contribution in [0.1, 0.15) is 23.6 Å². The molecular weight excluding hydrogens is 280 g/mol. The van der Waals surface area contributed by atoms with Crippen molar-refractivity contribution < 1.29 is 4.79 Å². The summed E-state index contributed by atoms with van der Waals surface area (Å²) in [6.07, 6.45) is 4.01. The lowest BCUT2D eigenvalue weighted by Gasteiger charge is -2.16. The average molecular weight is 298 g/mol. The van der Waals surface area contributed by atoms with Crippen LogP contribution in [0.25, 0.3) is 0 Å². The molecule has 1 aliphatic carbocycles. The van der Waals surface area contributed by atoms with Crippen molar-refractivity contribution in [2.75, 3.05) is 11.6 Å². The second-order valence-corrected chi connectivity index (χ2v) is 5.94. The summed E-state index contributed by atoms with van der Waals surface area (Å²) in [4.78, 5) is 13.3. The molecule has 0 aliphatic heterocycles. The zero-order valence-corrected chi connectivity index (χ0v) is 12.7. The Balaban J connectivity index is 1.68. The minimum Gasteiger partial charge on any atom is -0.331 e. The minimum atomic E-state index is -0.141. The number of carbonyl (C=O) groups is 1. The maximum absolute atomic E-state index is 12.2. The summed E-state index contributed by atoms with van der Waals surface area (Å²) in [7, 11) is 0. The third-order valence-electron chi connectivity index (χ3n) is 3.79. The number of fused-ring (bicyclic) bond motifs is 1. The average Bonchev–Trinajstić information content (AvgIpc) is 2.91. The van der Waals surface area contributed by atoms with Gasteiger partial charge in [-0.1, -0.05) is 36.4 Å². The van der Waals surface area contributed by atoms with Gasteiger partial charge in [0.1, 0.15) is 0 Å². The van der Waals surface area contributed by atoms with Gasteiger partial charge in [0.2, 0.25) is 0 Å². The summed E-state index contributed by atoms with van der Waals surface area (Å²) in [5.74, 6) is 0. The molecule has 0 heterocycles. The van der Waals surface area contributed by atoms with Gasteiger partial charge in [-0.25, -0.2) is 4.79 Å². The molecule has 2 N–H and O–H groups in total. The van der Waals surface area contributed by atoms with Gasteiger partial charge in [0.25, 0.3) is 0 Å². The van der Waals surface area contributed by atoms with Crippen LogP contribution in [-0.2, 0) is 6.42 Å². The van der Waals surface area contributed by atoms with Crippen molar-refractivity contribution in [2.45, 2.75) is 23.8 Å². The first-order valence-corrected chi connectivity index (χ1v) is 8.29. The Bertz CT molecular complexity index is 657. The van der Waals surface area contributed by atoms with Crippen molar-refractivity contribution >= 4 is 23.5 Å². The van der Waals surface area contributed by atoms with E-state index in [0.717, 1.165) is 23.4 Å². The molecule has 21 heavy (non-hydrogen) atoms. The lowest BCUT2D eigenvalue weighted by atomic mass is 10.1. The van der Waals surface area contributed by atoms with Crippen LogP contribution < -0.4 is 10.6 Å². The number of benzene rings is 2. The van der Waals surface area contributed by atoms with Crippen molar-refractivity contribution in [1.29, 1.82) is 0 Å². The first-order chi connectivity index (χ1) is 10.3. The Hall–Kier alpha value is -1.94. The Labute approximate surface area is 129 Å². The highest BCUT2D eigenvalue weighted by Gasteiger charge is 2.23. The second-order valence-electron chi connectivity index (χ2n) is 5.09. The van der Waals surface area contributed by atoms with E-state index in [-0.39, 0.29) is 12.1 Å². The molecule has 0 fully saturated rings. The van der Waals surface area contributed by atoms with Crippen LogP contribution in [0.3, 0.4) is 0 Å². The monoisotopic (exact) mass is 298 g/mol. The van der Waals surface area contributed by atoms with Crippen LogP contribution in [0.15, 0.2) is 53.4 Å². The SMILES string of the molecule is CSc1ccccc1NC(=O)NC1CCc2ccccc21. The highest BCUT2D eigenvalue weighted by Crippen LogP contribution is 2.31. The minimum absolute atomic E-state index is 0.114. The lowest BCUT2D eigenvalue weighted by molar-refractivity contribution is 0.248. The van der Waals surface area contributed by atoms with E-state index in [0.29, 0.717) is 0 Å². The van der Waals surface area contributed by atoms with Gasteiger partial charge >= 0.3 is 6.03 Å². The molecule has 0 aromatic heterocycles. The number of urea groups is 1. The van der Waals surface area contributed by atoms with E-state index in [2.05, 4.69) is 28.8 Å². The third-order valence-corrected chi connectivity index (χ3v) is 4.59. The van der Waals surface area contributed by atoms with Gasteiger partial charge in [0.05, 0.1) is 11.7 Å². The number of nitrogens with one attached hydrogen (secondary N) is 2. The molecule has 2 aromatic rings. The Kier molecular flexibility index (Phi) is 4.15. The van der Waals surface area contributed by atoms with E-state index in [1.807, 2.05) is 36.6 Å². The fourth-order valence-corrected chi connectivity index (χ4v) is 3.33. The Morgan fingerprint density at radius 2 is 1.90 bits per heavy atom. The van der Waals surface area contributed by atoms with E-state index in [4.69, 9.17) is 0 Å². The molecule has 4 heteroatoms. The number of hydrogen-bond donors (Lipinski definition) is 2. The number of carbonyl (C=O) groups excluding carboxylic acids is 1. The molecule has 1 atom stereocenters.